The van der Waals surface area contributed by atoms with Crippen LogP contribution in [0.1, 0.15) is 35.2 Å². The normalized spacial score (nSPS) is 21.5. The average molecular weight is 316 g/mol. The maximum atomic E-state index is 13.0. The number of anilines is 1. The quantitative estimate of drug-likeness (QED) is 0.886. The third-order valence-corrected chi connectivity index (χ3v) is 4.84. The first-order valence-electron chi connectivity index (χ1n) is 8.29. The molecule has 6 heteroatoms. The van der Waals surface area contributed by atoms with Gasteiger partial charge in [0.05, 0.1) is 0 Å². The van der Waals surface area contributed by atoms with Gasteiger partial charge in [-0.15, -0.1) is 0 Å². The van der Waals surface area contributed by atoms with Crippen LogP contribution >= 0.6 is 0 Å². The molecule has 0 bridgehead atoms. The molecule has 2 aliphatic rings. The monoisotopic (exact) mass is 316 g/mol. The second kappa shape index (κ2) is 6.58. The minimum absolute atomic E-state index is 0.0269. The molecule has 2 saturated heterocycles. The molecule has 3 amide bonds. The molecule has 1 atom stereocenters. The highest BCUT2D eigenvalue weighted by atomic mass is 16.2. The Morgan fingerprint density at radius 3 is 2.87 bits per heavy atom. The second-order valence-corrected chi connectivity index (χ2v) is 6.22. The van der Waals surface area contributed by atoms with Gasteiger partial charge in [0.1, 0.15) is 0 Å². The van der Waals surface area contributed by atoms with Crippen LogP contribution in [0.2, 0.25) is 0 Å². The molecule has 2 aliphatic heterocycles. The first kappa shape index (κ1) is 15.8. The van der Waals surface area contributed by atoms with E-state index in [0.717, 1.165) is 37.1 Å². The SMILES string of the molecule is Cc1c(C(=O)N2CCCC[C@H]2CN)cccc1N1CCNC1=O. The Morgan fingerprint density at radius 2 is 2.17 bits per heavy atom. The maximum Gasteiger partial charge on any atom is 0.322 e. The minimum atomic E-state index is -0.101. The van der Waals surface area contributed by atoms with Crippen molar-refractivity contribution in [2.24, 2.45) is 5.73 Å². The molecule has 0 aromatic heterocycles. The Bertz CT molecular complexity index is 617. The summed E-state index contributed by atoms with van der Waals surface area (Å²) >= 11 is 0. The number of nitrogens with two attached hydrogens (primary N) is 1. The molecule has 0 radical (unpaired) electrons. The van der Waals surface area contributed by atoms with Gasteiger partial charge in [-0.2, -0.15) is 0 Å². The van der Waals surface area contributed by atoms with Crippen molar-refractivity contribution in [1.82, 2.24) is 10.2 Å². The average Bonchev–Trinajstić information content (AvgIpc) is 3.00. The molecule has 0 aliphatic carbocycles. The Balaban J connectivity index is 1.90. The van der Waals surface area contributed by atoms with Crippen molar-refractivity contribution in [3.8, 4) is 0 Å². The lowest BCUT2D eigenvalue weighted by Gasteiger charge is -2.35. The molecule has 3 N–H and O–H groups in total. The number of amides is 3. The van der Waals surface area contributed by atoms with Crippen LogP contribution < -0.4 is 16.0 Å². The van der Waals surface area contributed by atoms with Crippen LogP contribution in [-0.4, -0.2) is 49.1 Å². The summed E-state index contributed by atoms with van der Waals surface area (Å²) in [6.45, 7) is 4.44. The molecule has 1 aromatic rings. The van der Waals surface area contributed by atoms with Crippen molar-refractivity contribution in [1.29, 1.82) is 0 Å². The maximum absolute atomic E-state index is 13.0. The van der Waals surface area contributed by atoms with Gasteiger partial charge >= 0.3 is 6.03 Å². The Morgan fingerprint density at radius 1 is 1.35 bits per heavy atom. The first-order chi connectivity index (χ1) is 11.1. The van der Waals surface area contributed by atoms with E-state index in [1.807, 2.05) is 30.0 Å². The van der Waals surface area contributed by atoms with E-state index in [9.17, 15) is 9.59 Å². The predicted molar refractivity (Wildman–Crippen MR) is 89.7 cm³/mol. The van der Waals surface area contributed by atoms with Crippen molar-refractivity contribution < 1.29 is 9.59 Å². The van der Waals surface area contributed by atoms with Gasteiger partial charge < -0.3 is 16.0 Å². The molecule has 0 unspecified atom stereocenters. The van der Waals surface area contributed by atoms with Gasteiger partial charge in [0, 0.05) is 43.5 Å². The molecule has 0 saturated carbocycles. The third-order valence-electron chi connectivity index (χ3n) is 4.84. The van der Waals surface area contributed by atoms with Crippen LogP contribution in [-0.2, 0) is 0 Å². The fourth-order valence-corrected chi connectivity index (χ4v) is 3.52. The van der Waals surface area contributed by atoms with Gasteiger partial charge in [-0.1, -0.05) is 6.07 Å². The van der Waals surface area contributed by atoms with Gasteiger partial charge in [-0.3, -0.25) is 9.69 Å². The van der Waals surface area contributed by atoms with Gasteiger partial charge in [0.2, 0.25) is 0 Å². The van der Waals surface area contributed by atoms with Gasteiger partial charge in [-0.05, 0) is 43.9 Å². The third kappa shape index (κ3) is 2.91. The summed E-state index contributed by atoms with van der Waals surface area (Å²) in [5, 5.41) is 2.80. The Kier molecular flexibility index (Phi) is 4.52. The second-order valence-electron chi connectivity index (χ2n) is 6.22. The molecule has 124 valence electrons. The van der Waals surface area contributed by atoms with Crippen LogP contribution in [0.4, 0.5) is 10.5 Å². The molecule has 23 heavy (non-hydrogen) atoms. The van der Waals surface area contributed by atoms with Crippen molar-refractivity contribution in [2.75, 3.05) is 31.1 Å². The fourth-order valence-electron chi connectivity index (χ4n) is 3.52. The van der Waals surface area contributed by atoms with Crippen molar-refractivity contribution in [2.45, 2.75) is 32.2 Å². The smallest absolute Gasteiger partial charge is 0.322 e. The van der Waals surface area contributed by atoms with Crippen LogP contribution in [0.15, 0.2) is 18.2 Å². The summed E-state index contributed by atoms with van der Waals surface area (Å²) < 4.78 is 0. The van der Waals surface area contributed by atoms with E-state index in [1.54, 1.807) is 4.90 Å². The fraction of sp³-hybridized carbons (Fsp3) is 0.529. The highest BCUT2D eigenvalue weighted by molar-refractivity contribution is 6.00. The van der Waals surface area contributed by atoms with Crippen LogP contribution in [0.5, 0.6) is 0 Å². The van der Waals surface area contributed by atoms with Crippen LogP contribution in [0.3, 0.4) is 0 Å². The standard InChI is InChI=1S/C17H24N4O2/c1-12-14(16(22)20-9-3-2-5-13(20)11-18)6-4-7-15(12)21-10-8-19-17(21)23/h4,6-7,13H,2-3,5,8-11,18H2,1H3,(H,19,23)/t13-/m0/s1. The zero-order valence-electron chi connectivity index (χ0n) is 13.5. The lowest BCUT2D eigenvalue weighted by molar-refractivity contribution is 0.0622. The zero-order chi connectivity index (χ0) is 16.4. The summed E-state index contributed by atoms with van der Waals surface area (Å²) in [7, 11) is 0. The van der Waals surface area contributed by atoms with E-state index >= 15 is 0 Å². The van der Waals surface area contributed by atoms with E-state index in [2.05, 4.69) is 5.32 Å². The molecular weight excluding hydrogens is 292 g/mol. The van der Waals surface area contributed by atoms with Crippen LogP contribution in [0.25, 0.3) is 0 Å². The number of urea groups is 1. The van der Waals surface area contributed by atoms with E-state index in [1.165, 1.54) is 0 Å². The molecule has 6 nitrogen and oxygen atoms in total. The van der Waals surface area contributed by atoms with Gasteiger partial charge in [0.25, 0.3) is 5.91 Å². The number of benzene rings is 1. The van der Waals surface area contributed by atoms with E-state index in [-0.39, 0.29) is 18.0 Å². The van der Waals surface area contributed by atoms with Crippen molar-refractivity contribution >= 4 is 17.6 Å². The zero-order valence-corrected chi connectivity index (χ0v) is 13.5. The highest BCUT2D eigenvalue weighted by Crippen LogP contribution is 2.27. The summed E-state index contributed by atoms with van der Waals surface area (Å²) in [6, 6.07) is 5.61. The Hall–Kier alpha value is -2.08. The first-order valence-corrected chi connectivity index (χ1v) is 8.29. The summed E-state index contributed by atoms with van der Waals surface area (Å²) in [4.78, 5) is 28.5. The number of hydrogen-bond donors (Lipinski definition) is 2. The molecular formula is C17H24N4O2. The number of nitrogens with zero attached hydrogens (tertiary/aromatic N) is 2. The molecule has 2 heterocycles. The van der Waals surface area contributed by atoms with Crippen LogP contribution in [0, 0.1) is 6.92 Å². The van der Waals surface area contributed by atoms with E-state index in [0.29, 0.717) is 25.2 Å². The predicted octanol–water partition coefficient (Wildman–Crippen LogP) is 1.48. The summed E-state index contributed by atoms with van der Waals surface area (Å²) in [5.41, 5.74) is 8.18. The Labute approximate surface area is 136 Å². The van der Waals surface area contributed by atoms with Crippen molar-refractivity contribution in [3.05, 3.63) is 29.3 Å². The number of nitrogens with one attached hydrogen (secondary N) is 1. The number of piperidine rings is 1. The number of rotatable bonds is 3. The molecule has 3 rings (SSSR count). The number of hydrogen-bond acceptors (Lipinski definition) is 3. The number of carbonyl (C=O) groups excluding carboxylic acids is 2. The topological polar surface area (TPSA) is 78.7 Å². The molecule has 2 fully saturated rings. The minimum Gasteiger partial charge on any atom is -0.336 e. The highest BCUT2D eigenvalue weighted by Gasteiger charge is 2.29. The van der Waals surface area contributed by atoms with E-state index in [4.69, 9.17) is 5.73 Å². The molecule has 0 spiro atoms. The number of carbonyl (C=O) groups is 2. The van der Waals surface area contributed by atoms with Gasteiger partial charge in [0.15, 0.2) is 0 Å². The largest absolute Gasteiger partial charge is 0.336 e. The summed E-state index contributed by atoms with van der Waals surface area (Å²) in [6.07, 6.45) is 3.11. The van der Waals surface area contributed by atoms with Gasteiger partial charge in [-0.25, -0.2) is 4.79 Å². The lowest BCUT2D eigenvalue weighted by Crippen LogP contribution is -2.47. The summed E-state index contributed by atoms with van der Waals surface area (Å²) in [5.74, 6) is 0.0269. The van der Waals surface area contributed by atoms with Crippen molar-refractivity contribution in [3.63, 3.8) is 0 Å². The lowest BCUT2D eigenvalue weighted by atomic mass is 9.98. The number of likely N-dealkylation sites (tertiary alicyclic amines) is 1. The van der Waals surface area contributed by atoms with E-state index < -0.39 is 0 Å². The molecule has 1 aromatic carbocycles.